The fourth-order valence-corrected chi connectivity index (χ4v) is 4.17. The van der Waals surface area contributed by atoms with E-state index in [1.165, 1.54) is 0 Å². The molecule has 1 aliphatic rings. The van der Waals surface area contributed by atoms with Crippen molar-refractivity contribution in [1.82, 2.24) is 4.90 Å². The van der Waals surface area contributed by atoms with Gasteiger partial charge in [-0.3, -0.25) is 13.9 Å². The molecule has 0 radical (unpaired) electrons. The summed E-state index contributed by atoms with van der Waals surface area (Å²) in [7, 11) is -3.69. The van der Waals surface area contributed by atoms with Crippen LogP contribution in [0.3, 0.4) is 0 Å². The molecule has 2 amide bonds. The van der Waals surface area contributed by atoms with Gasteiger partial charge < -0.3 is 15.0 Å². The number of amides is 2. The third-order valence-electron chi connectivity index (χ3n) is 4.80. The number of nitrogens with one attached hydrogen (secondary N) is 1. The average molecular weight is 432 g/mol. The zero-order chi connectivity index (χ0) is 21.7. The number of morpholine rings is 1. The van der Waals surface area contributed by atoms with Crippen LogP contribution in [0, 0.1) is 6.92 Å². The van der Waals surface area contributed by atoms with Crippen molar-refractivity contribution in [3.63, 3.8) is 0 Å². The number of nitrogens with zero attached hydrogens (tertiary/aromatic N) is 2. The maximum atomic E-state index is 12.9. The lowest BCUT2D eigenvalue weighted by Crippen LogP contribution is -2.41. The Kier molecular flexibility index (Phi) is 6.73. The van der Waals surface area contributed by atoms with Crippen LogP contribution in [-0.4, -0.2) is 64.2 Å². The number of sulfonamides is 1. The summed E-state index contributed by atoms with van der Waals surface area (Å²) in [5.74, 6) is -0.737. The van der Waals surface area contributed by atoms with Crippen LogP contribution in [0.4, 0.5) is 11.4 Å². The molecule has 0 atom stereocenters. The largest absolute Gasteiger partial charge is 0.378 e. The molecule has 9 heteroatoms. The van der Waals surface area contributed by atoms with Gasteiger partial charge in [-0.05, 0) is 30.7 Å². The first kappa shape index (κ1) is 21.8. The number of para-hydroxylation sites is 2. The van der Waals surface area contributed by atoms with Crippen LogP contribution >= 0.6 is 0 Å². The Hall–Kier alpha value is -2.91. The number of ether oxygens (including phenoxy) is 1. The molecule has 0 saturated carbocycles. The van der Waals surface area contributed by atoms with E-state index in [4.69, 9.17) is 4.74 Å². The van der Waals surface area contributed by atoms with E-state index >= 15 is 0 Å². The lowest BCUT2D eigenvalue weighted by atomic mass is 10.1. The van der Waals surface area contributed by atoms with Gasteiger partial charge in [0.25, 0.3) is 5.91 Å². The second-order valence-corrected chi connectivity index (χ2v) is 8.96. The van der Waals surface area contributed by atoms with Gasteiger partial charge in [0.15, 0.2) is 0 Å². The molecule has 30 heavy (non-hydrogen) atoms. The van der Waals surface area contributed by atoms with Crippen molar-refractivity contribution in [2.75, 3.05) is 48.7 Å². The zero-order valence-corrected chi connectivity index (χ0v) is 17.8. The number of rotatable bonds is 6. The van der Waals surface area contributed by atoms with Crippen molar-refractivity contribution in [2.24, 2.45) is 0 Å². The Labute approximate surface area is 176 Å². The molecule has 2 aromatic rings. The number of anilines is 2. The second kappa shape index (κ2) is 9.27. The van der Waals surface area contributed by atoms with Crippen LogP contribution in [0.2, 0.25) is 0 Å². The zero-order valence-electron chi connectivity index (χ0n) is 17.0. The lowest BCUT2D eigenvalue weighted by Gasteiger charge is -2.28. The van der Waals surface area contributed by atoms with Gasteiger partial charge in [-0.15, -0.1) is 0 Å². The first-order chi connectivity index (χ1) is 14.3. The van der Waals surface area contributed by atoms with E-state index in [2.05, 4.69) is 5.32 Å². The molecular formula is C21H25N3O5S. The molecule has 1 heterocycles. The van der Waals surface area contributed by atoms with Crippen molar-refractivity contribution in [3.8, 4) is 0 Å². The molecule has 160 valence electrons. The molecule has 0 aromatic heterocycles. The predicted molar refractivity (Wildman–Crippen MR) is 115 cm³/mol. The highest BCUT2D eigenvalue weighted by Gasteiger charge is 2.24. The number of benzene rings is 2. The molecule has 3 rings (SSSR count). The highest BCUT2D eigenvalue weighted by molar-refractivity contribution is 7.92. The molecule has 0 aliphatic carbocycles. The van der Waals surface area contributed by atoms with E-state index < -0.39 is 22.5 Å². The number of hydrogen-bond donors (Lipinski definition) is 1. The SMILES string of the molecule is Cc1ccccc1N(CC(=O)Nc1ccccc1C(=O)N1CCOCC1)S(C)(=O)=O. The molecule has 0 unspecified atom stereocenters. The summed E-state index contributed by atoms with van der Waals surface area (Å²) in [6, 6.07) is 13.6. The Balaban J connectivity index is 1.80. The number of carbonyl (C=O) groups is 2. The first-order valence-electron chi connectivity index (χ1n) is 9.56. The van der Waals surface area contributed by atoms with Gasteiger partial charge in [0, 0.05) is 13.1 Å². The summed E-state index contributed by atoms with van der Waals surface area (Å²) in [6.45, 7) is 3.29. The quantitative estimate of drug-likeness (QED) is 0.753. The van der Waals surface area contributed by atoms with Crippen LogP contribution in [-0.2, 0) is 19.6 Å². The first-order valence-corrected chi connectivity index (χ1v) is 11.4. The van der Waals surface area contributed by atoms with Gasteiger partial charge in [0.1, 0.15) is 6.54 Å². The minimum absolute atomic E-state index is 0.201. The van der Waals surface area contributed by atoms with Gasteiger partial charge in [-0.25, -0.2) is 8.42 Å². The molecule has 2 aromatic carbocycles. The highest BCUT2D eigenvalue weighted by atomic mass is 32.2. The average Bonchev–Trinajstić information content (AvgIpc) is 2.72. The molecule has 0 bridgehead atoms. The number of aryl methyl sites for hydroxylation is 1. The molecule has 1 N–H and O–H groups in total. The minimum Gasteiger partial charge on any atom is -0.378 e. The molecule has 1 fully saturated rings. The molecule has 1 aliphatic heterocycles. The van der Waals surface area contributed by atoms with Gasteiger partial charge in [-0.1, -0.05) is 30.3 Å². The Morgan fingerprint density at radius 3 is 2.37 bits per heavy atom. The fraction of sp³-hybridized carbons (Fsp3) is 0.333. The summed E-state index contributed by atoms with van der Waals surface area (Å²) < 4.78 is 31.0. The van der Waals surface area contributed by atoms with Gasteiger partial charge >= 0.3 is 0 Å². The number of carbonyl (C=O) groups excluding carboxylic acids is 2. The van der Waals surface area contributed by atoms with E-state index in [1.54, 1.807) is 60.4 Å². The highest BCUT2D eigenvalue weighted by Crippen LogP contribution is 2.23. The predicted octanol–water partition coefficient (Wildman–Crippen LogP) is 1.87. The van der Waals surface area contributed by atoms with Gasteiger partial charge in [0.05, 0.1) is 36.4 Å². The molecule has 1 saturated heterocycles. The smallest absolute Gasteiger partial charge is 0.256 e. The Morgan fingerprint density at radius 2 is 1.70 bits per heavy atom. The van der Waals surface area contributed by atoms with Crippen molar-refractivity contribution in [1.29, 1.82) is 0 Å². The summed E-state index contributed by atoms with van der Waals surface area (Å²) in [4.78, 5) is 27.3. The third kappa shape index (κ3) is 5.17. The summed E-state index contributed by atoms with van der Waals surface area (Å²) in [5.41, 5.74) is 1.87. The van der Waals surface area contributed by atoms with Crippen LogP contribution in [0.1, 0.15) is 15.9 Å². The van der Waals surface area contributed by atoms with Crippen molar-refractivity contribution in [2.45, 2.75) is 6.92 Å². The molecular weight excluding hydrogens is 406 g/mol. The Bertz CT molecular complexity index is 1030. The normalized spacial score (nSPS) is 14.3. The summed E-state index contributed by atoms with van der Waals surface area (Å²) >= 11 is 0. The van der Waals surface area contributed by atoms with Crippen molar-refractivity contribution in [3.05, 3.63) is 59.7 Å². The van der Waals surface area contributed by atoms with E-state index in [1.807, 2.05) is 0 Å². The van der Waals surface area contributed by atoms with Crippen LogP contribution in [0.5, 0.6) is 0 Å². The van der Waals surface area contributed by atoms with Crippen molar-refractivity contribution < 1.29 is 22.7 Å². The topological polar surface area (TPSA) is 96.0 Å². The van der Waals surface area contributed by atoms with Gasteiger partial charge in [0.2, 0.25) is 15.9 Å². The van der Waals surface area contributed by atoms with Crippen LogP contribution in [0.25, 0.3) is 0 Å². The minimum atomic E-state index is -3.69. The maximum absolute atomic E-state index is 12.9. The fourth-order valence-electron chi connectivity index (χ4n) is 3.26. The molecule has 8 nitrogen and oxygen atoms in total. The van der Waals surface area contributed by atoms with Crippen LogP contribution < -0.4 is 9.62 Å². The number of hydrogen-bond acceptors (Lipinski definition) is 5. The second-order valence-electron chi connectivity index (χ2n) is 7.05. The van der Waals surface area contributed by atoms with E-state index in [-0.39, 0.29) is 5.91 Å². The van der Waals surface area contributed by atoms with Crippen LogP contribution in [0.15, 0.2) is 48.5 Å². The van der Waals surface area contributed by atoms with E-state index in [0.29, 0.717) is 43.2 Å². The third-order valence-corrected chi connectivity index (χ3v) is 5.93. The Morgan fingerprint density at radius 1 is 1.07 bits per heavy atom. The van der Waals surface area contributed by atoms with E-state index in [0.717, 1.165) is 16.1 Å². The maximum Gasteiger partial charge on any atom is 0.256 e. The summed E-state index contributed by atoms with van der Waals surface area (Å²) in [5, 5.41) is 2.70. The summed E-state index contributed by atoms with van der Waals surface area (Å²) in [6.07, 6.45) is 1.06. The van der Waals surface area contributed by atoms with E-state index in [9.17, 15) is 18.0 Å². The standard InChI is InChI=1S/C21H25N3O5S/c1-16-7-3-6-10-19(16)24(30(2,27)28)15-20(25)22-18-9-5-4-8-17(18)21(26)23-11-13-29-14-12-23/h3-10H,11-15H2,1-2H3,(H,22,25). The molecule has 0 spiro atoms. The van der Waals surface area contributed by atoms with Gasteiger partial charge in [-0.2, -0.15) is 0 Å². The monoisotopic (exact) mass is 431 g/mol. The lowest BCUT2D eigenvalue weighted by molar-refractivity contribution is -0.114. The van der Waals surface area contributed by atoms with Crippen molar-refractivity contribution >= 4 is 33.2 Å².